The van der Waals surface area contributed by atoms with Crippen molar-refractivity contribution in [1.29, 1.82) is 0 Å². The van der Waals surface area contributed by atoms with Gasteiger partial charge in [-0.15, -0.1) is 0 Å². The smallest absolute Gasteiger partial charge is 0.231 e. The van der Waals surface area contributed by atoms with Crippen LogP contribution in [0.1, 0.15) is 5.56 Å². The molecule has 0 bridgehead atoms. The van der Waals surface area contributed by atoms with Crippen LogP contribution in [0, 0.1) is 0 Å². The Morgan fingerprint density at radius 1 is 0.806 bits per heavy atom. The van der Waals surface area contributed by atoms with Gasteiger partial charge in [-0.1, -0.05) is 24.3 Å². The molecule has 7 heteroatoms. The maximum atomic E-state index is 10.6. The fourth-order valence-electron chi connectivity index (χ4n) is 4.05. The summed E-state index contributed by atoms with van der Waals surface area (Å²) in [5, 5.41) is 22.3. The van der Waals surface area contributed by atoms with E-state index in [1.54, 1.807) is 0 Å². The zero-order valence-electron chi connectivity index (χ0n) is 16.3. The molecule has 1 aliphatic heterocycles. The summed E-state index contributed by atoms with van der Waals surface area (Å²) in [4.78, 5) is 8.31. The van der Waals surface area contributed by atoms with Crippen molar-refractivity contribution in [3.8, 4) is 34.1 Å². The molecule has 0 saturated heterocycles. The minimum atomic E-state index is 0.0174. The van der Waals surface area contributed by atoms with Gasteiger partial charge in [-0.05, 0) is 34.9 Å². The molecule has 3 aromatic carbocycles. The second-order valence-electron chi connectivity index (χ2n) is 7.48. The highest BCUT2D eigenvalue weighted by molar-refractivity contribution is 6.07. The molecule has 1 aliphatic rings. The van der Waals surface area contributed by atoms with E-state index in [1.165, 1.54) is 12.4 Å². The Balaban J connectivity index is 1.38. The number of ether oxygens (including phenoxy) is 2. The van der Waals surface area contributed by atoms with E-state index in [0.717, 1.165) is 28.2 Å². The van der Waals surface area contributed by atoms with Gasteiger partial charge in [-0.3, -0.25) is 0 Å². The number of benzene rings is 3. The first-order valence-electron chi connectivity index (χ1n) is 9.80. The van der Waals surface area contributed by atoms with E-state index in [9.17, 15) is 10.2 Å². The molecule has 0 aliphatic carbocycles. The Morgan fingerprint density at radius 2 is 1.48 bits per heavy atom. The van der Waals surface area contributed by atoms with Gasteiger partial charge in [0.2, 0.25) is 6.79 Å². The molecule has 31 heavy (non-hydrogen) atoms. The van der Waals surface area contributed by atoms with Crippen LogP contribution in [0.5, 0.6) is 23.0 Å². The highest BCUT2D eigenvalue weighted by atomic mass is 16.7. The second-order valence-corrected chi connectivity index (χ2v) is 7.48. The Hall–Kier alpha value is -4.26. The molecule has 0 unspecified atom stereocenters. The van der Waals surface area contributed by atoms with E-state index < -0.39 is 0 Å². The Kier molecular flexibility index (Phi) is 3.76. The highest BCUT2D eigenvalue weighted by Crippen LogP contribution is 2.40. The molecule has 2 aromatic heterocycles. The van der Waals surface area contributed by atoms with Gasteiger partial charge >= 0.3 is 0 Å². The molecule has 2 N–H and O–H groups in total. The number of phenols is 2. The standard InChI is InChI=1S/C24H17N3O4/c28-23-17-11-27(12-18(17)24(29)22-21(23)25-6-7-26-22)10-14-2-1-3-15(8-14)16-4-5-19-20(9-16)31-13-30-19/h1-9,11-12,28-29H,10,13H2. The minimum Gasteiger partial charge on any atom is -0.505 e. The summed E-state index contributed by atoms with van der Waals surface area (Å²) < 4.78 is 12.8. The maximum absolute atomic E-state index is 10.6. The first kappa shape index (κ1) is 17.6. The summed E-state index contributed by atoms with van der Waals surface area (Å²) in [5.74, 6) is 1.54. The van der Waals surface area contributed by atoms with Gasteiger partial charge in [0.1, 0.15) is 11.0 Å². The van der Waals surface area contributed by atoms with Gasteiger partial charge in [0.05, 0.1) is 0 Å². The summed E-state index contributed by atoms with van der Waals surface area (Å²) in [6.45, 7) is 0.822. The molecule has 0 atom stereocenters. The normalized spacial score (nSPS) is 12.6. The fraction of sp³-hybridized carbons (Fsp3) is 0.0833. The summed E-state index contributed by atoms with van der Waals surface area (Å²) in [7, 11) is 0. The summed E-state index contributed by atoms with van der Waals surface area (Å²) in [5.41, 5.74) is 3.76. The van der Waals surface area contributed by atoms with E-state index in [0.29, 0.717) is 17.3 Å². The van der Waals surface area contributed by atoms with E-state index in [1.807, 2.05) is 47.3 Å². The van der Waals surface area contributed by atoms with Gasteiger partial charge in [0, 0.05) is 42.1 Å². The lowest BCUT2D eigenvalue weighted by Crippen LogP contribution is -1.96. The summed E-state index contributed by atoms with van der Waals surface area (Å²) in [6, 6.07) is 14.1. The lowest BCUT2D eigenvalue weighted by molar-refractivity contribution is 0.174. The number of rotatable bonds is 3. The average molecular weight is 411 g/mol. The van der Waals surface area contributed by atoms with Crippen LogP contribution in [-0.4, -0.2) is 31.5 Å². The van der Waals surface area contributed by atoms with Crippen LogP contribution in [0.25, 0.3) is 32.9 Å². The molecule has 0 amide bonds. The van der Waals surface area contributed by atoms with E-state index in [2.05, 4.69) is 22.1 Å². The van der Waals surface area contributed by atoms with E-state index >= 15 is 0 Å². The number of nitrogens with zero attached hydrogens (tertiary/aromatic N) is 3. The number of hydrogen-bond donors (Lipinski definition) is 2. The quantitative estimate of drug-likeness (QED) is 0.427. The SMILES string of the molecule is Oc1c2cn(Cc3cccc(-c4ccc5c(c4)OCO5)c3)cc2c(O)c2nccnc12. The molecule has 0 fully saturated rings. The predicted octanol–water partition coefficient (Wildman–Crippen LogP) is 4.44. The van der Waals surface area contributed by atoms with Crippen LogP contribution in [0.2, 0.25) is 0 Å². The fourth-order valence-corrected chi connectivity index (χ4v) is 4.05. The van der Waals surface area contributed by atoms with E-state index in [-0.39, 0.29) is 29.3 Å². The van der Waals surface area contributed by atoms with Crippen molar-refractivity contribution in [1.82, 2.24) is 14.5 Å². The van der Waals surface area contributed by atoms with Gasteiger partial charge in [-0.25, -0.2) is 9.97 Å². The number of aromatic nitrogens is 3. The molecule has 5 aromatic rings. The number of aromatic hydroxyl groups is 2. The zero-order valence-corrected chi connectivity index (χ0v) is 16.3. The molecule has 0 radical (unpaired) electrons. The van der Waals surface area contributed by atoms with Crippen molar-refractivity contribution >= 4 is 21.8 Å². The minimum absolute atomic E-state index is 0.0174. The van der Waals surface area contributed by atoms with Crippen LogP contribution in [0.3, 0.4) is 0 Å². The molecular formula is C24H17N3O4. The van der Waals surface area contributed by atoms with Crippen molar-refractivity contribution in [3.05, 3.63) is 72.8 Å². The molecular weight excluding hydrogens is 394 g/mol. The number of phenolic OH excluding ortho intramolecular Hbond substituents is 2. The molecule has 3 heterocycles. The van der Waals surface area contributed by atoms with Gasteiger partial charge < -0.3 is 24.3 Å². The van der Waals surface area contributed by atoms with Crippen molar-refractivity contribution in [2.75, 3.05) is 6.79 Å². The van der Waals surface area contributed by atoms with Crippen LogP contribution in [-0.2, 0) is 6.54 Å². The Labute approximate surface area is 176 Å². The molecule has 0 spiro atoms. The molecule has 152 valence electrons. The van der Waals surface area contributed by atoms with Crippen LogP contribution in [0.15, 0.2) is 67.3 Å². The summed E-state index contributed by atoms with van der Waals surface area (Å²) >= 11 is 0. The van der Waals surface area contributed by atoms with E-state index in [4.69, 9.17) is 9.47 Å². The molecule has 7 nitrogen and oxygen atoms in total. The maximum Gasteiger partial charge on any atom is 0.231 e. The zero-order chi connectivity index (χ0) is 20.9. The van der Waals surface area contributed by atoms with Crippen molar-refractivity contribution in [2.45, 2.75) is 6.54 Å². The van der Waals surface area contributed by atoms with Gasteiger partial charge in [0.15, 0.2) is 23.0 Å². The third-order valence-corrected chi connectivity index (χ3v) is 5.54. The van der Waals surface area contributed by atoms with Crippen molar-refractivity contribution < 1.29 is 19.7 Å². The number of fused-ring (bicyclic) bond motifs is 3. The molecule has 6 rings (SSSR count). The largest absolute Gasteiger partial charge is 0.505 e. The lowest BCUT2D eigenvalue weighted by Gasteiger charge is -2.08. The summed E-state index contributed by atoms with van der Waals surface area (Å²) in [6.07, 6.45) is 6.61. The van der Waals surface area contributed by atoms with Crippen LogP contribution < -0.4 is 9.47 Å². The average Bonchev–Trinajstić information content (AvgIpc) is 3.44. The lowest BCUT2D eigenvalue weighted by atomic mass is 10.0. The van der Waals surface area contributed by atoms with Crippen molar-refractivity contribution in [2.24, 2.45) is 0 Å². The topological polar surface area (TPSA) is 89.6 Å². The van der Waals surface area contributed by atoms with Gasteiger partial charge in [0.25, 0.3) is 0 Å². The Morgan fingerprint density at radius 3 is 2.23 bits per heavy atom. The Bertz CT molecular complexity index is 1420. The third-order valence-electron chi connectivity index (χ3n) is 5.54. The highest BCUT2D eigenvalue weighted by Gasteiger charge is 2.17. The number of hydrogen-bond acceptors (Lipinski definition) is 6. The van der Waals surface area contributed by atoms with Crippen LogP contribution >= 0.6 is 0 Å². The molecule has 0 saturated carbocycles. The second kappa shape index (κ2) is 6.63. The van der Waals surface area contributed by atoms with Crippen LogP contribution in [0.4, 0.5) is 0 Å². The first-order valence-corrected chi connectivity index (χ1v) is 9.80. The third kappa shape index (κ3) is 2.82. The predicted molar refractivity (Wildman–Crippen MR) is 115 cm³/mol. The van der Waals surface area contributed by atoms with Crippen molar-refractivity contribution in [3.63, 3.8) is 0 Å². The first-order chi connectivity index (χ1) is 15.2. The monoisotopic (exact) mass is 411 g/mol. The van der Waals surface area contributed by atoms with Gasteiger partial charge in [-0.2, -0.15) is 0 Å².